The molecule has 1 saturated heterocycles. The van der Waals surface area contributed by atoms with Gasteiger partial charge in [0.15, 0.2) is 0 Å². The Balaban J connectivity index is 2.22. The van der Waals surface area contributed by atoms with E-state index in [4.69, 9.17) is 11.6 Å². The Morgan fingerprint density at radius 2 is 1.95 bits per heavy atom. The molecule has 0 amide bonds. The summed E-state index contributed by atoms with van der Waals surface area (Å²) >= 11 is 5.71. The molecule has 1 aliphatic heterocycles. The van der Waals surface area contributed by atoms with Gasteiger partial charge in [0.25, 0.3) is 0 Å². The number of rotatable bonds is 6. The fourth-order valence-corrected chi connectivity index (χ4v) is 4.93. The average molecular weight is 330 g/mol. The van der Waals surface area contributed by atoms with E-state index in [1.165, 1.54) is 0 Å². The number of hydrogen-bond acceptors (Lipinski definition) is 2. The van der Waals surface area contributed by atoms with Crippen LogP contribution in [0.15, 0.2) is 29.2 Å². The zero-order chi connectivity index (χ0) is 15.3. The van der Waals surface area contributed by atoms with E-state index < -0.39 is 10.0 Å². The molecule has 1 aromatic carbocycles. The second-order valence-electron chi connectivity index (χ2n) is 5.64. The molecule has 0 bridgehead atoms. The quantitative estimate of drug-likeness (QED) is 0.744. The van der Waals surface area contributed by atoms with Gasteiger partial charge in [0, 0.05) is 18.5 Å². The molecule has 5 heteroatoms. The van der Waals surface area contributed by atoms with Gasteiger partial charge in [-0.2, -0.15) is 4.31 Å². The number of alkyl halides is 1. The minimum atomic E-state index is -3.36. The number of piperidine rings is 1. The number of nitrogens with zero attached hydrogens (tertiary/aromatic N) is 1. The number of halogens is 1. The fraction of sp³-hybridized carbons (Fsp3) is 0.625. The standard InChI is InChI=1S/C16H24ClNO2S/c1-2-5-15-6-3-4-13-18(15)21(19,20)16-9-7-14(8-10-16)11-12-17/h7-10,15H,2-6,11-13H2,1H3. The van der Waals surface area contributed by atoms with E-state index in [0.29, 0.717) is 17.3 Å². The zero-order valence-corrected chi connectivity index (χ0v) is 14.2. The second-order valence-corrected chi connectivity index (χ2v) is 7.91. The van der Waals surface area contributed by atoms with Crippen molar-refractivity contribution in [2.45, 2.75) is 56.4 Å². The molecule has 1 unspecified atom stereocenters. The summed E-state index contributed by atoms with van der Waals surface area (Å²) in [5, 5.41) is 0. The first-order chi connectivity index (χ1) is 10.1. The molecule has 0 aromatic heterocycles. The van der Waals surface area contributed by atoms with Crippen LogP contribution in [0, 0.1) is 0 Å². The third-order valence-corrected chi connectivity index (χ3v) is 6.26. The monoisotopic (exact) mass is 329 g/mol. The van der Waals surface area contributed by atoms with E-state index in [-0.39, 0.29) is 6.04 Å². The van der Waals surface area contributed by atoms with Crippen molar-refractivity contribution in [2.75, 3.05) is 12.4 Å². The highest BCUT2D eigenvalue weighted by molar-refractivity contribution is 7.89. The van der Waals surface area contributed by atoms with Crippen LogP contribution in [0.5, 0.6) is 0 Å². The van der Waals surface area contributed by atoms with E-state index in [0.717, 1.165) is 44.1 Å². The summed E-state index contributed by atoms with van der Waals surface area (Å²) in [6.45, 7) is 2.76. The molecule has 118 valence electrons. The van der Waals surface area contributed by atoms with E-state index in [1.54, 1.807) is 16.4 Å². The predicted molar refractivity (Wildman–Crippen MR) is 87.3 cm³/mol. The van der Waals surface area contributed by atoms with Crippen molar-refractivity contribution < 1.29 is 8.42 Å². The molecule has 1 heterocycles. The van der Waals surface area contributed by atoms with Crippen molar-refractivity contribution in [3.8, 4) is 0 Å². The van der Waals surface area contributed by atoms with Gasteiger partial charge in [-0.25, -0.2) is 8.42 Å². The normalized spacial score (nSPS) is 20.6. The Bertz CT molecular complexity index is 540. The van der Waals surface area contributed by atoms with Crippen molar-refractivity contribution >= 4 is 21.6 Å². The highest BCUT2D eigenvalue weighted by atomic mass is 35.5. The van der Waals surface area contributed by atoms with Gasteiger partial charge in [-0.3, -0.25) is 0 Å². The van der Waals surface area contributed by atoms with Gasteiger partial charge >= 0.3 is 0 Å². The Morgan fingerprint density at radius 3 is 2.57 bits per heavy atom. The van der Waals surface area contributed by atoms with Crippen LogP contribution >= 0.6 is 11.6 Å². The maximum absolute atomic E-state index is 12.8. The molecule has 0 aliphatic carbocycles. The maximum atomic E-state index is 12.8. The molecule has 1 aliphatic rings. The third kappa shape index (κ3) is 3.99. The number of sulfonamides is 1. The van der Waals surface area contributed by atoms with Crippen molar-refractivity contribution in [2.24, 2.45) is 0 Å². The van der Waals surface area contributed by atoms with Crippen molar-refractivity contribution in [3.05, 3.63) is 29.8 Å². The third-order valence-electron chi connectivity index (χ3n) is 4.11. The lowest BCUT2D eigenvalue weighted by Crippen LogP contribution is -2.43. The highest BCUT2D eigenvalue weighted by Gasteiger charge is 2.32. The first-order valence-corrected chi connectivity index (χ1v) is 9.73. The number of benzene rings is 1. The van der Waals surface area contributed by atoms with Gasteiger partial charge in [0.05, 0.1) is 4.90 Å². The Kier molecular flexibility index (Phi) is 6.08. The van der Waals surface area contributed by atoms with Crippen LogP contribution in [0.25, 0.3) is 0 Å². The summed E-state index contributed by atoms with van der Waals surface area (Å²) in [7, 11) is -3.36. The molecule has 0 N–H and O–H groups in total. The van der Waals surface area contributed by atoms with Gasteiger partial charge in [0.2, 0.25) is 10.0 Å². The first-order valence-electron chi connectivity index (χ1n) is 7.76. The van der Waals surface area contributed by atoms with Crippen molar-refractivity contribution in [3.63, 3.8) is 0 Å². The van der Waals surface area contributed by atoms with Gasteiger partial charge < -0.3 is 0 Å². The van der Waals surface area contributed by atoms with Gasteiger partial charge in [-0.1, -0.05) is 31.9 Å². The molecule has 0 radical (unpaired) electrons. The van der Waals surface area contributed by atoms with E-state index in [9.17, 15) is 8.42 Å². The molecule has 1 atom stereocenters. The summed E-state index contributed by atoms with van der Waals surface area (Å²) in [5.74, 6) is 0.552. The lowest BCUT2D eigenvalue weighted by molar-refractivity contribution is 0.239. The molecular weight excluding hydrogens is 306 g/mol. The minimum absolute atomic E-state index is 0.163. The minimum Gasteiger partial charge on any atom is -0.207 e. The highest BCUT2D eigenvalue weighted by Crippen LogP contribution is 2.27. The van der Waals surface area contributed by atoms with E-state index in [1.807, 2.05) is 12.1 Å². The predicted octanol–water partition coefficient (Wildman–Crippen LogP) is 3.81. The zero-order valence-electron chi connectivity index (χ0n) is 12.6. The fourth-order valence-electron chi connectivity index (χ4n) is 2.98. The van der Waals surface area contributed by atoms with Crippen LogP contribution in [0.3, 0.4) is 0 Å². The summed E-state index contributed by atoms with van der Waals surface area (Å²) in [6.07, 6.45) is 5.81. The molecule has 3 nitrogen and oxygen atoms in total. The van der Waals surface area contributed by atoms with Crippen LogP contribution < -0.4 is 0 Å². The lowest BCUT2D eigenvalue weighted by Gasteiger charge is -2.34. The van der Waals surface area contributed by atoms with Crippen LogP contribution in [0.4, 0.5) is 0 Å². The maximum Gasteiger partial charge on any atom is 0.243 e. The van der Waals surface area contributed by atoms with Crippen molar-refractivity contribution in [1.82, 2.24) is 4.31 Å². The molecule has 0 spiro atoms. The number of hydrogen-bond donors (Lipinski definition) is 0. The number of aryl methyl sites for hydroxylation is 1. The van der Waals surface area contributed by atoms with Gasteiger partial charge in [-0.05, 0) is 43.4 Å². The largest absolute Gasteiger partial charge is 0.243 e. The average Bonchev–Trinajstić information content (AvgIpc) is 2.49. The van der Waals surface area contributed by atoms with Gasteiger partial charge in [-0.15, -0.1) is 11.6 Å². The molecule has 1 fully saturated rings. The molecular formula is C16H24ClNO2S. The summed E-state index contributed by atoms with van der Waals surface area (Å²) < 4.78 is 27.4. The van der Waals surface area contributed by atoms with Crippen LogP contribution in [0.1, 0.15) is 44.6 Å². The topological polar surface area (TPSA) is 37.4 Å². The first kappa shape index (κ1) is 16.8. The SMILES string of the molecule is CCCC1CCCCN1S(=O)(=O)c1ccc(CCCl)cc1. The van der Waals surface area contributed by atoms with Crippen LogP contribution in [-0.2, 0) is 16.4 Å². The smallest absolute Gasteiger partial charge is 0.207 e. The van der Waals surface area contributed by atoms with E-state index in [2.05, 4.69) is 6.92 Å². The Labute approximate surface area is 133 Å². The summed E-state index contributed by atoms with van der Waals surface area (Å²) in [5.41, 5.74) is 1.08. The van der Waals surface area contributed by atoms with Crippen LogP contribution in [0.2, 0.25) is 0 Å². The summed E-state index contributed by atoms with van der Waals surface area (Å²) in [4.78, 5) is 0.406. The van der Waals surface area contributed by atoms with Crippen LogP contribution in [-0.4, -0.2) is 31.2 Å². The summed E-state index contributed by atoms with van der Waals surface area (Å²) in [6, 6.07) is 7.34. The Morgan fingerprint density at radius 1 is 1.24 bits per heavy atom. The lowest BCUT2D eigenvalue weighted by atomic mass is 10.0. The molecule has 0 saturated carbocycles. The van der Waals surface area contributed by atoms with Gasteiger partial charge in [0.1, 0.15) is 0 Å². The Hall–Kier alpha value is -0.580. The molecule has 2 rings (SSSR count). The van der Waals surface area contributed by atoms with Crippen molar-refractivity contribution in [1.29, 1.82) is 0 Å². The second kappa shape index (κ2) is 7.61. The van der Waals surface area contributed by atoms with E-state index >= 15 is 0 Å². The molecule has 21 heavy (non-hydrogen) atoms. The molecule has 1 aromatic rings.